The van der Waals surface area contributed by atoms with Crippen molar-refractivity contribution in [1.29, 1.82) is 0 Å². The van der Waals surface area contributed by atoms with E-state index in [2.05, 4.69) is 10.4 Å². The molecule has 0 spiro atoms. The van der Waals surface area contributed by atoms with Gasteiger partial charge in [-0.2, -0.15) is 5.10 Å². The van der Waals surface area contributed by atoms with Crippen LogP contribution in [-0.4, -0.2) is 14.7 Å². The van der Waals surface area contributed by atoms with E-state index < -0.39 is 0 Å². The zero-order valence-electron chi connectivity index (χ0n) is 11.3. The summed E-state index contributed by atoms with van der Waals surface area (Å²) in [5.74, 6) is 0. The van der Waals surface area contributed by atoms with Crippen molar-refractivity contribution in [3.8, 4) is 0 Å². The quantitative estimate of drug-likeness (QED) is 0.679. The third kappa shape index (κ3) is 2.97. The Hall–Kier alpha value is -1.92. The molecule has 6 nitrogen and oxygen atoms in total. The van der Waals surface area contributed by atoms with Crippen molar-refractivity contribution in [3.05, 3.63) is 56.4 Å². The number of hydrogen-bond donors (Lipinski definition) is 1. The molecule has 0 fully saturated rings. The molecule has 0 amide bonds. The van der Waals surface area contributed by atoms with E-state index in [0.717, 1.165) is 11.4 Å². The number of aryl methyl sites for hydroxylation is 2. The lowest BCUT2D eigenvalue weighted by Crippen LogP contribution is -2.16. The summed E-state index contributed by atoms with van der Waals surface area (Å²) < 4.78 is 1.71. The standard InChI is InChI=1S/C13H15ClN4O2/c1-9-13(14)12(17(2)16-9)8-15-7-10-5-3-4-6-11(10)18(19)20/h3-6,15H,7-8H2,1-2H3. The number of para-hydroxylation sites is 1. The largest absolute Gasteiger partial charge is 0.307 e. The van der Waals surface area contributed by atoms with Crippen LogP contribution in [0.3, 0.4) is 0 Å². The first-order valence-electron chi connectivity index (χ1n) is 6.11. The lowest BCUT2D eigenvalue weighted by molar-refractivity contribution is -0.385. The molecule has 1 heterocycles. The Morgan fingerprint density at radius 3 is 2.70 bits per heavy atom. The van der Waals surface area contributed by atoms with E-state index >= 15 is 0 Å². The van der Waals surface area contributed by atoms with E-state index in [1.54, 1.807) is 22.9 Å². The van der Waals surface area contributed by atoms with Crippen LogP contribution in [0, 0.1) is 17.0 Å². The SMILES string of the molecule is Cc1nn(C)c(CNCc2ccccc2[N+](=O)[O-])c1Cl. The lowest BCUT2D eigenvalue weighted by Gasteiger charge is -2.06. The van der Waals surface area contributed by atoms with Gasteiger partial charge in [-0.25, -0.2) is 0 Å². The predicted octanol–water partition coefficient (Wildman–Crippen LogP) is 2.58. The van der Waals surface area contributed by atoms with Crippen LogP contribution in [0.2, 0.25) is 5.02 Å². The molecule has 20 heavy (non-hydrogen) atoms. The van der Waals surface area contributed by atoms with Gasteiger partial charge in [0.1, 0.15) is 0 Å². The second-order valence-electron chi connectivity index (χ2n) is 4.46. The Kier molecular flexibility index (Phi) is 4.36. The zero-order chi connectivity index (χ0) is 14.7. The molecular weight excluding hydrogens is 280 g/mol. The van der Waals surface area contributed by atoms with Crippen molar-refractivity contribution in [1.82, 2.24) is 15.1 Å². The van der Waals surface area contributed by atoms with E-state index in [-0.39, 0.29) is 10.6 Å². The first-order chi connectivity index (χ1) is 9.50. The van der Waals surface area contributed by atoms with Gasteiger partial charge >= 0.3 is 0 Å². The number of nitrogens with zero attached hydrogens (tertiary/aromatic N) is 3. The molecule has 0 bridgehead atoms. The zero-order valence-corrected chi connectivity index (χ0v) is 12.0. The lowest BCUT2D eigenvalue weighted by atomic mass is 10.2. The van der Waals surface area contributed by atoms with Crippen LogP contribution in [0.4, 0.5) is 5.69 Å². The molecule has 7 heteroatoms. The number of hydrogen-bond acceptors (Lipinski definition) is 4. The minimum absolute atomic E-state index is 0.118. The van der Waals surface area contributed by atoms with Crippen LogP contribution in [0.5, 0.6) is 0 Å². The van der Waals surface area contributed by atoms with E-state index in [0.29, 0.717) is 23.7 Å². The molecule has 0 saturated heterocycles. The monoisotopic (exact) mass is 294 g/mol. The Labute approximate surface area is 121 Å². The fourth-order valence-corrected chi connectivity index (χ4v) is 2.25. The molecule has 1 aromatic carbocycles. The molecular formula is C13H15ClN4O2. The van der Waals surface area contributed by atoms with E-state index in [1.165, 1.54) is 6.07 Å². The van der Waals surface area contributed by atoms with Crippen LogP contribution >= 0.6 is 11.6 Å². The number of nitro benzene ring substituents is 1. The summed E-state index contributed by atoms with van der Waals surface area (Å²) >= 11 is 6.15. The van der Waals surface area contributed by atoms with Gasteiger partial charge in [0.25, 0.3) is 5.69 Å². The predicted molar refractivity (Wildman–Crippen MR) is 76.6 cm³/mol. The molecule has 0 aliphatic carbocycles. The van der Waals surface area contributed by atoms with Crippen molar-refractivity contribution >= 4 is 17.3 Å². The Morgan fingerprint density at radius 1 is 1.40 bits per heavy atom. The van der Waals surface area contributed by atoms with Gasteiger partial charge in [-0.05, 0) is 6.92 Å². The van der Waals surface area contributed by atoms with Crippen molar-refractivity contribution < 1.29 is 4.92 Å². The first kappa shape index (κ1) is 14.5. The number of aromatic nitrogens is 2. The number of nitrogens with one attached hydrogen (secondary N) is 1. The highest BCUT2D eigenvalue weighted by Gasteiger charge is 2.13. The fraction of sp³-hybridized carbons (Fsp3) is 0.308. The van der Waals surface area contributed by atoms with Crippen LogP contribution < -0.4 is 5.32 Å². The molecule has 0 aliphatic rings. The van der Waals surface area contributed by atoms with E-state index in [4.69, 9.17) is 11.6 Å². The minimum atomic E-state index is -0.377. The van der Waals surface area contributed by atoms with Gasteiger partial charge in [-0.3, -0.25) is 14.8 Å². The maximum Gasteiger partial charge on any atom is 0.273 e. The summed E-state index contributed by atoms with van der Waals surface area (Å²) in [6, 6.07) is 6.67. The Morgan fingerprint density at radius 2 is 2.10 bits per heavy atom. The summed E-state index contributed by atoms with van der Waals surface area (Å²) in [7, 11) is 1.82. The van der Waals surface area contributed by atoms with Crippen molar-refractivity contribution in [2.24, 2.45) is 7.05 Å². The highest BCUT2D eigenvalue weighted by molar-refractivity contribution is 6.31. The van der Waals surface area contributed by atoms with E-state index in [9.17, 15) is 10.1 Å². The summed E-state index contributed by atoms with van der Waals surface area (Å²) in [5, 5.41) is 18.9. The molecule has 106 valence electrons. The number of nitro groups is 1. The topological polar surface area (TPSA) is 73.0 Å². The van der Waals surface area contributed by atoms with Crippen molar-refractivity contribution in [2.45, 2.75) is 20.0 Å². The normalized spacial score (nSPS) is 10.8. The third-order valence-electron chi connectivity index (χ3n) is 3.06. The van der Waals surface area contributed by atoms with Gasteiger partial charge in [-0.1, -0.05) is 29.8 Å². The summed E-state index contributed by atoms with van der Waals surface area (Å²) in [6.45, 7) is 2.74. The number of rotatable bonds is 5. The van der Waals surface area contributed by atoms with Gasteiger partial charge in [0.15, 0.2) is 0 Å². The average molecular weight is 295 g/mol. The maximum atomic E-state index is 10.9. The van der Waals surface area contributed by atoms with Crippen molar-refractivity contribution in [3.63, 3.8) is 0 Å². The molecule has 1 N–H and O–H groups in total. The van der Waals surface area contributed by atoms with Crippen molar-refractivity contribution in [2.75, 3.05) is 0 Å². The number of benzene rings is 1. The third-order valence-corrected chi connectivity index (χ3v) is 3.55. The van der Waals surface area contributed by atoms with Gasteiger partial charge < -0.3 is 5.32 Å². The van der Waals surface area contributed by atoms with Gasteiger partial charge in [0.2, 0.25) is 0 Å². The average Bonchev–Trinajstić information content (AvgIpc) is 2.65. The highest BCUT2D eigenvalue weighted by atomic mass is 35.5. The Bertz CT molecular complexity index is 639. The Balaban J connectivity index is 2.05. The molecule has 0 unspecified atom stereocenters. The summed E-state index contributed by atoms with van der Waals surface area (Å²) in [5.41, 5.74) is 2.40. The van der Waals surface area contributed by atoms with E-state index in [1.807, 2.05) is 14.0 Å². The minimum Gasteiger partial charge on any atom is -0.307 e. The van der Waals surface area contributed by atoms with Gasteiger partial charge in [0.05, 0.1) is 21.3 Å². The molecule has 0 atom stereocenters. The molecule has 2 rings (SSSR count). The molecule has 0 saturated carbocycles. The van der Waals surface area contributed by atoms with Crippen LogP contribution in [0.1, 0.15) is 17.0 Å². The smallest absolute Gasteiger partial charge is 0.273 e. The first-order valence-corrected chi connectivity index (χ1v) is 6.49. The van der Waals surface area contributed by atoms with Gasteiger partial charge in [0, 0.05) is 31.8 Å². The molecule has 0 radical (unpaired) electrons. The summed E-state index contributed by atoms with van der Waals surface area (Å²) in [4.78, 5) is 10.5. The van der Waals surface area contributed by atoms with Crippen LogP contribution in [-0.2, 0) is 20.1 Å². The van der Waals surface area contributed by atoms with Gasteiger partial charge in [-0.15, -0.1) is 0 Å². The molecule has 0 aliphatic heterocycles. The number of halogens is 1. The molecule has 1 aromatic heterocycles. The van der Waals surface area contributed by atoms with Crippen LogP contribution in [0.25, 0.3) is 0 Å². The van der Waals surface area contributed by atoms with Crippen LogP contribution in [0.15, 0.2) is 24.3 Å². The second-order valence-corrected chi connectivity index (χ2v) is 4.84. The maximum absolute atomic E-state index is 10.9. The summed E-state index contributed by atoms with van der Waals surface area (Å²) in [6.07, 6.45) is 0. The second kappa shape index (κ2) is 6.02. The fourth-order valence-electron chi connectivity index (χ4n) is 2.03. The highest BCUT2D eigenvalue weighted by Crippen LogP contribution is 2.20. The molecule has 2 aromatic rings.